The molecule has 3 N–H and O–H groups in total. The third-order valence-electron chi connectivity index (χ3n) is 3.36. The number of nitrogens with one attached hydrogen (secondary N) is 1. The minimum Gasteiger partial charge on any atom is -0.507 e. The summed E-state index contributed by atoms with van der Waals surface area (Å²) >= 11 is 0. The summed E-state index contributed by atoms with van der Waals surface area (Å²) in [6.45, 7) is 1.31. The lowest BCUT2D eigenvalue weighted by molar-refractivity contribution is -0.130. The van der Waals surface area contributed by atoms with Gasteiger partial charge in [-0.2, -0.15) is 0 Å². The van der Waals surface area contributed by atoms with Gasteiger partial charge in [0.05, 0.1) is 6.54 Å². The molecule has 0 saturated carbocycles. The van der Waals surface area contributed by atoms with E-state index in [-0.39, 0.29) is 29.5 Å². The van der Waals surface area contributed by atoms with Crippen molar-refractivity contribution in [3.63, 3.8) is 0 Å². The smallest absolute Gasteiger partial charge is 0.259 e. The van der Waals surface area contributed by atoms with Crippen LogP contribution in [-0.2, 0) is 4.79 Å². The maximum absolute atomic E-state index is 11.9. The maximum atomic E-state index is 11.9. The predicted octanol–water partition coefficient (Wildman–Crippen LogP) is 0.840. The number of carbonyl (C=O) groups excluding carboxylic acids is 2. The Morgan fingerprint density at radius 1 is 1.10 bits per heavy atom. The molecule has 0 radical (unpaired) electrons. The standard InChI is InChI=1S/C14H18N2O4/c17-10-5-4-6-11(18)13(10)14(20)15-9-12(19)16-7-2-1-3-8-16/h4-6,17-18H,1-3,7-9H2,(H,15,20). The summed E-state index contributed by atoms with van der Waals surface area (Å²) in [5, 5.41) is 21.5. The van der Waals surface area contributed by atoms with Gasteiger partial charge in [0.2, 0.25) is 5.91 Å². The van der Waals surface area contributed by atoms with Crippen molar-refractivity contribution in [1.82, 2.24) is 10.2 Å². The van der Waals surface area contributed by atoms with Crippen LogP contribution in [0, 0.1) is 0 Å². The summed E-state index contributed by atoms with van der Waals surface area (Å²) in [6.07, 6.45) is 3.10. The van der Waals surface area contributed by atoms with Crippen LogP contribution < -0.4 is 5.32 Å². The Morgan fingerprint density at radius 2 is 1.70 bits per heavy atom. The van der Waals surface area contributed by atoms with Crippen molar-refractivity contribution in [2.75, 3.05) is 19.6 Å². The highest BCUT2D eigenvalue weighted by atomic mass is 16.3. The van der Waals surface area contributed by atoms with E-state index in [9.17, 15) is 19.8 Å². The van der Waals surface area contributed by atoms with E-state index in [1.54, 1.807) is 4.90 Å². The van der Waals surface area contributed by atoms with Crippen molar-refractivity contribution in [2.45, 2.75) is 19.3 Å². The van der Waals surface area contributed by atoms with Gasteiger partial charge in [0.25, 0.3) is 5.91 Å². The summed E-state index contributed by atoms with van der Waals surface area (Å²) < 4.78 is 0. The van der Waals surface area contributed by atoms with E-state index in [1.807, 2.05) is 0 Å². The fourth-order valence-electron chi connectivity index (χ4n) is 2.26. The molecule has 2 rings (SSSR count). The molecule has 1 fully saturated rings. The number of phenols is 2. The van der Waals surface area contributed by atoms with Gasteiger partial charge in [-0.05, 0) is 31.4 Å². The van der Waals surface area contributed by atoms with Crippen LogP contribution in [0.5, 0.6) is 11.5 Å². The Kier molecular flexibility index (Phi) is 4.45. The zero-order valence-corrected chi connectivity index (χ0v) is 11.1. The molecule has 0 aromatic heterocycles. The molecule has 1 aliphatic heterocycles. The number of amides is 2. The molecule has 0 unspecified atom stereocenters. The number of benzene rings is 1. The molecule has 0 atom stereocenters. The predicted molar refractivity (Wildman–Crippen MR) is 72.5 cm³/mol. The highest BCUT2D eigenvalue weighted by molar-refractivity contribution is 6.00. The van der Waals surface area contributed by atoms with E-state index in [1.165, 1.54) is 18.2 Å². The largest absolute Gasteiger partial charge is 0.507 e. The zero-order valence-electron chi connectivity index (χ0n) is 11.1. The van der Waals surface area contributed by atoms with Crippen molar-refractivity contribution in [3.8, 4) is 11.5 Å². The van der Waals surface area contributed by atoms with Gasteiger partial charge < -0.3 is 20.4 Å². The van der Waals surface area contributed by atoms with E-state index in [0.29, 0.717) is 0 Å². The minimum atomic E-state index is -0.661. The lowest BCUT2D eigenvalue weighted by atomic mass is 10.1. The Bertz CT molecular complexity index is 490. The van der Waals surface area contributed by atoms with Crippen LogP contribution in [0.15, 0.2) is 18.2 Å². The summed E-state index contributed by atoms with van der Waals surface area (Å²) in [4.78, 5) is 25.5. The second-order valence-electron chi connectivity index (χ2n) is 4.80. The Balaban J connectivity index is 1.93. The van der Waals surface area contributed by atoms with Gasteiger partial charge in [-0.3, -0.25) is 9.59 Å². The van der Waals surface area contributed by atoms with Gasteiger partial charge in [-0.25, -0.2) is 0 Å². The number of nitrogens with zero attached hydrogens (tertiary/aromatic N) is 1. The lowest BCUT2D eigenvalue weighted by Crippen LogP contribution is -2.42. The number of likely N-dealkylation sites (tertiary alicyclic amines) is 1. The number of piperidine rings is 1. The van der Waals surface area contributed by atoms with E-state index in [2.05, 4.69) is 5.32 Å². The SMILES string of the molecule is O=C(NCC(=O)N1CCCCC1)c1c(O)cccc1O. The number of aromatic hydroxyl groups is 2. The van der Waals surface area contributed by atoms with Crippen LogP contribution >= 0.6 is 0 Å². The second kappa shape index (κ2) is 6.27. The Morgan fingerprint density at radius 3 is 2.30 bits per heavy atom. The molecule has 20 heavy (non-hydrogen) atoms. The molecule has 6 nitrogen and oxygen atoms in total. The van der Waals surface area contributed by atoms with Gasteiger partial charge in [0.15, 0.2) is 0 Å². The molecule has 0 bridgehead atoms. The molecule has 1 aromatic rings. The molecule has 108 valence electrons. The fourth-order valence-corrected chi connectivity index (χ4v) is 2.26. The number of phenolic OH excluding ortho intramolecular Hbond substituents is 2. The molecule has 1 saturated heterocycles. The Hall–Kier alpha value is -2.24. The van der Waals surface area contributed by atoms with Crippen LogP contribution in [0.4, 0.5) is 0 Å². The van der Waals surface area contributed by atoms with Crippen molar-refractivity contribution in [2.24, 2.45) is 0 Å². The highest BCUT2D eigenvalue weighted by Crippen LogP contribution is 2.25. The van der Waals surface area contributed by atoms with Crippen molar-refractivity contribution in [1.29, 1.82) is 0 Å². The monoisotopic (exact) mass is 278 g/mol. The van der Waals surface area contributed by atoms with Crippen LogP contribution in [0.25, 0.3) is 0 Å². The maximum Gasteiger partial charge on any atom is 0.259 e. The van der Waals surface area contributed by atoms with Crippen molar-refractivity contribution < 1.29 is 19.8 Å². The van der Waals surface area contributed by atoms with E-state index in [4.69, 9.17) is 0 Å². The summed E-state index contributed by atoms with van der Waals surface area (Å²) in [6, 6.07) is 4.04. The molecule has 2 amide bonds. The average molecular weight is 278 g/mol. The fraction of sp³-hybridized carbons (Fsp3) is 0.429. The Labute approximate surface area is 117 Å². The van der Waals surface area contributed by atoms with Gasteiger partial charge >= 0.3 is 0 Å². The van der Waals surface area contributed by atoms with Crippen LogP contribution in [0.2, 0.25) is 0 Å². The van der Waals surface area contributed by atoms with Gasteiger partial charge in [-0.15, -0.1) is 0 Å². The molecule has 1 heterocycles. The summed E-state index contributed by atoms with van der Waals surface area (Å²) in [7, 11) is 0. The highest BCUT2D eigenvalue weighted by Gasteiger charge is 2.20. The van der Waals surface area contributed by atoms with Gasteiger partial charge in [0, 0.05) is 13.1 Å². The number of carbonyl (C=O) groups is 2. The minimum absolute atomic E-state index is 0.132. The van der Waals surface area contributed by atoms with E-state index >= 15 is 0 Å². The van der Waals surface area contributed by atoms with Crippen molar-refractivity contribution >= 4 is 11.8 Å². The van der Waals surface area contributed by atoms with Gasteiger partial charge in [0.1, 0.15) is 17.1 Å². The lowest BCUT2D eigenvalue weighted by Gasteiger charge is -2.26. The van der Waals surface area contributed by atoms with E-state index in [0.717, 1.165) is 32.4 Å². The molecule has 0 aliphatic carbocycles. The summed E-state index contributed by atoms with van der Waals surface area (Å²) in [5.41, 5.74) is -0.209. The normalized spacial score (nSPS) is 14.9. The van der Waals surface area contributed by atoms with Crippen LogP contribution in [0.1, 0.15) is 29.6 Å². The average Bonchev–Trinajstić information content (AvgIpc) is 2.45. The number of hydrogen-bond donors (Lipinski definition) is 3. The van der Waals surface area contributed by atoms with Gasteiger partial charge in [-0.1, -0.05) is 6.07 Å². The third-order valence-corrected chi connectivity index (χ3v) is 3.36. The third kappa shape index (κ3) is 3.20. The molecule has 1 aromatic carbocycles. The first-order valence-electron chi connectivity index (χ1n) is 6.66. The topological polar surface area (TPSA) is 89.9 Å². The quantitative estimate of drug-likeness (QED) is 0.764. The number of hydrogen-bond acceptors (Lipinski definition) is 4. The molecular weight excluding hydrogens is 260 g/mol. The first-order chi connectivity index (χ1) is 9.59. The molecule has 0 spiro atoms. The first-order valence-corrected chi connectivity index (χ1v) is 6.66. The molecule has 6 heteroatoms. The molecular formula is C14H18N2O4. The second-order valence-corrected chi connectivity index (χ2v) is 4.80. The van der Waals surface area contributed by atoms with Crippen LogP contribution in [0.3, 0.4) is 0 Å². The first kappa shape index (κ1) is 14.2. The zero-order chi connectivity index (χ0) is 14.5. The van der Waals surface area contributed by atoms with E-state index < -0.39 is 5.91 Å². The molecule has 1 aliphatic rings. The number of rotatable bonds is 3. The van der Waals surface area contributed by atoms with Crippen LogP contribution in [-0.4, -0.2) is 46.6 Å². The van der Waals surface area contributed by atoms with Crippen molar-refractivity contribution in [3.05, 3.63) is 23.8 Å². The summed E-state index contributed by atoms with van der Waals surface area (Å²) in [5.74, 6) is -1.43.